The molecule has 0 bridgehead atoms. The van der Waals surface area contributed by atoms with Crippen LogP contribution in [0.15, 0.2) is 30.3 Å². The van der Waals surface area contributed by atoms with Crippen molar-refractivity contribution in [2.45, 2.75) is 44.5 Å². The van der Waals surface area contributed by atoms with Gasteiger partial charge in [0.2, 0.25) is 0 Å². The van der Waals surface area contributed by atoms with Crippen molar-refractivity contribution in [3.63, 3.8) is 0 Å². The van der Waals surface area contributed by atoms with Crippen LogP contribution in [0.3, 0.4) is 0 Å². The fourth-order valence-corrected chi connectivity index (χ4v) is 3.69. The van der Waals surface area contributed by atoms with E-state index in [4.69, 9.17) is 0 Å². The molecule has 6 atom stereocenters. The number of Topliss-reactive ketones (excluding diaryl/α,β-unsaturated/α-hetero) is 1. The first-order valence-corrected chi connectivity index (χ1v) is 8.22. The van der Waals surface area contributed by atoms with Gasteiger partial charge in [-0.05, 0) is 30.2 Å². The quantitative estimate of drug-likeness (QED) is 0.602. The lowest BCUT2D eigenvalue weighted by Crippen LogP contribution is -2.31. The SMILES string of the molecule is CCC(=O)C1CC(C(O)C(O)c2ccccc2)CC1C(O)CO. The molecule has 0 aromatic heterocycles. The average molecular weight is 322 g/mol. The highest BCUT2D eigenvalue weighted by atomic mass is 16.3. The lowest BCUT2D eigenvalue weighted by Gasteiger charge is -2.24. The molecule has 1 aliphatic carbocycles. The van der Waals surface area contributed by atoms with Crippen molar-refractivity contribution in [1.82, 2.24) is 0 Å². The van der Waals surface area contributed by atoms with Crippen molar-refractivity contribution in [3.8, 4) is 0 Å². The summed E-state index contributed by atoms with van der Waals surface area (Å²) >= 11 is 0. The Hall–Kier alpha value is -1.27. The maximum Gasteiger partial charge on any atom is 0.136 e. The van der Waals surface area contributed by atoms with E-state index in [1.165, 1.54) is 0 Å². The highest BCUT2D eigenvalue weighted by Gasteiger charge is 2.44. The molecule has 6 unspecified atom stereocenters. The third kappa shape index (κ3) is 3.98. The van der Waals surface area contributed by atoms with Gasteiger partial charge in [0.1, 0.15) is 11.9 Å². The van der Waals surface area contributed by atoms with Crippen LogP contribution in [0.4, 0.5) is 0 Å². The van der Waals surface area contributed by atoms with E-state index >= 15 is 0 Å². The number of carbonyl (C=O) groups excluding carboxylic acids is 1. The molecule has 0 aliphatic heterocycles. The minimum absolute atomic E-state index is 0.0337. The van der Waals surface area contributed by atoms with Gasteiger partial charge in [-0.15, -0.1) is 0 Å². The molecule has 2 rings (SSSR count). The zero-order valence-electron chi connectivity index (χ0n) is 13.4. The number of benzene rings is 1. The molecule has 0 spiro atoms. The molecular formula is C18H26O5. The summed E-state index contributed by atoms with van der Waals surface area (Å²) in [5, 5.41) is 40.1. The topological polar surface area (TPSA) is 98.0 Å². The van der Waals surface area contributed by atoms with Crippen LogP contribution in [0, 0.1) is 17.8 Å². The second-order valence-electron chi connectivity index (χ2n) is 6.42. The van der Waals surface area contributed by atoms with Crippen molar-refractivity contribution >= 4 is 5.78 Å². The number of ketones is 1. The number of carbonyl (C=O) groups is 1. The predicted molar refractivity (Wildman–Crippen MR) is 85.5 cm³/mol. The van der Waals surface area contributed by atoms with Gasteiger partial charge in [0.15, 0.2) is 0 Å². The molecular weight excluding hydrogens is 296 g/mol. The second-order valence-corrected chi connectivity index (χ2v) is 6.42. The number of hydrogen-bond donors (Lipinski definition) is 4. The van der Waals surface area contributed by atoms with Gasteiger partial charge in [-0.1, -0.05) is 37.3 Å². The van der Waals surface area contributed by atoms with Crippen molar-refractivity contribution in [3.05, 3.63) is 35.9 Å². The summed E-state index contributed by atoms with van der Waals surface area (Å²) in [5.74, 6) is -0.983. The van der Waals surface area contributed by atoms with Crippen molar-refractivity contribution in [2.24, 2.45) is 17.8 Å². The molecule has 128 valence electrons. The van der Waals surface area contributed by atoms with Crippen LogP contribution >= 0.6 is 0 Å². The Morgan fingerprint density at radius 2 is 1.83 bits per heavy atom. The van der Waals surface area contributed by atoms with Gasteiger partial charge in [-0.25, -0.2) is 0 Å². The summed E-state index contributed by atoms with van der Waals surface area (Å²) in [4.78, 5) is 12.1. The molecule has 0 radical (unpaired) electrons. The Morgan fingerprint density at radius 1 is 1.17 bits per heavy atom. The van der Waals surface area contributed by atoms with E-state index in [-0.39, 0.29) is 23.5 Å². The lowest BCUT2D eigenvalue weighted by atomic mass is 9.87. The maximum absolute atomic E-state index is 12.1. The van der Waals surface area contributed by atoms with Crippen molar-refractivity contribution in [2.75, 3.05) is 6.61 Å². The first-order chi connectivity index (χ1) is 11.0. The van der Waals surface area contributed by atoms with Gasteiger partial charge >= 0.3 is 0 Å². The Kier molecular flexibility index (Phi) is 6.30. The third-order valence-electron chi connectivity index (χ3n) is 5.04. The van der Waals surface area contributed by atoms with Gasteiger partial charge in [0.25, 0.3) is 0 Å². The first-order valence-electron chi connectivity index (χ1n) is 8.22. The van der Waals surface area contributed by atoms with Gasteiger partial charge < -0.3 is 20.4 Å². The summed E-state index contributed by atoms with van der Waals surface area (Å²) in [6.45, 7) is 1.37. The minimum Gasteiger partial charge on any atom is -0.394 e. The van der Waals surface area contributed by atoms with Crippen LogP contribution in [0.2, 0.25) is 0 Å². The van der Waals surface area contributed by atoms with E-state index in [1.807, 2.05) is 6.07 Å². The van der Waals surface area contributed by atoms with Crippen molar-refractivity contribution in [1.29, 1.82) is 0 Å². The number of hydrogen-bond acceptors (Lipinski definition) is 5. The van der Waals surface area contributed by atoms with Crippen LogP contribution in [0.25, 0.3) is 0 Å². The molecule has 5 nitrogen and oxygen atoms in total. The normalized spacial score (nSPS) is 28.3. The summed E-state index contributed by atoms with van der Waals surface area (Å²) in [6, 6.07) is 8.92. The zero-order chi connectivity index (χ0) is 17.0. The van der Waals surface area contributed by atoms with E-state index in [2.05, 4.69) is 0 Å². The standard InChI is InChI=1S/C18H26O5/c1-2-15(20)13-8-12(9-14(13)16(21)10-19)18(23)17(22)11-6-4-3-5-7-11/h3-7,12-14,16-19,21-23H,2,8-10H2,1H3. The van der Waals surface area contributed by atoms with Crippen LogP contribution < -0.4 is 0 Å². The number of rotatable bonds is 7. The Morgan fingerprint density at radius 3 is 2.39 bits per heavy atom. The van der Waals surface area contributed by atoms with E-state index in [9.17, 15) is 25.2 Å². The highest BCUT2D eigenvalue weighted by Crippen LogP contribution is 2.43. The molecule has 1 aromatic carbocycles. The fourth-order valence-electron chi connectivity index (χ4n) is 3.69. The van der Waals surface area contributed by atoms with Gasteiger partial charge in [0, 0.05) is 12.3 Å². The van der Waals surface area contributed by atoms with E-state index in [0.717, 1.165) is 0 Å². The summed E-state index contributed by atoms with van der Waals surface area (Å²) in [7, 11) is 0. The predicted octanol–water partition coefficient (Wildman–Crippen LogP) is 1.06. The monoisotopic (exact) mass is 322 g/mol. The van der Waals surface area contributed by atoms with Crippen LogP contribution in [-0.2, 0) is 4.79 Å². The first kappa shape index (κ1) is 18.1. The molecule has 5 heteroatoms. The minimum atomic E-state index is -1.02. The molecule has 1 saturated carbocycles. The molecule has 1 aromatic rings. The highest BCUT2D eigenvalue weighted by molar-refractivity contribution is 5.81. The van der Waals surface area contributed by atoms with E-state index < -0.39 is 24.9 Å². The summed E-state index contributed by atoms with van der Waals surface area (Å²) in [5.41, 5.74) is 0.629. The Balaban J connectivity index is 2.12. The summed E-state index contributed by atoms with van der Waals surface area (Å²) in [6.07, 6.45) is -1.78. The molecule has 1 aliphatic rings. The van der Waals surface area contributed by atoms with Crippen molar-refractivity contribution < 1.29 is 25.2 Å². The molecule has 0 heterocycles. The van der Waals surface area contributed by atoms with Gasteiger partial charge in [-0.2, -0.15) is 0 Å². The lowest BCUT2D eigenvalue weighted by molar-refractivity contribution is -0.125. The molecule has 1 fully saturated rings. The van der Waals surface area contributed by atoms with Crippen LogP contribution in [-0.4, -0.2) is 45.0 Å². The molecule has 23 heavy (non-hydrogen) atoms. The molecule has 4 N–H and O–H groups in total. The average Bonchev–Trinajstić information content (AvgIpc) is 3.05. The number of aliphatic hydroxyl groups excluding tert-OH is 4. The number of aliphatic hydroxyl groups is 4. The smallest absolute Gasteiger partial charge is 0.136 e. The summed E-state index contributed by atoms with van der Waals surface area (Å²) < 4.78 is 0. The second kappa shape index (κ2) is 8.02. The van der Waals surface area contributed by atoms with Crippen LogP contribution in [0.5, 0.6) is 0 Å². The van der Waals surface area contributed by atoms with Gasteiger partial charge in [-0.3, -0.25) is 4.79 Å². The fraction of sp³-hybridized carbons (Fsp3) is 0.611. The van der Waals surface area contributed by atoms with E-state index in [0.29, 0.717) is 24.8 Å². The Labute approximate surface area is 136 Å². The third-order valence-corrected chi connectivity index (χ3v) is 5.04. The molecule has 0 amide bonds. The Bertz CT molecular complexity index is 503. The van der Waals surface area contributed by atoms with Crippen LogP contribution in [0.1, 0.15) is 37.9 Å². The maximum atomic E-state index is 12.1. The van der Waals surface area contributed by atoms with E-state index in [1.54, 1.807) is 31.2 Å². The van der Waals surface area contributed by atoms with Gasteiger partial charge in [0.05, 0.1) is 18.8 Å². The zero-order valence-corrected chi connectivity index (χ0v) is 13.4. The molecule has 0 saturated heterocycles. The largest absolute Gasteiger partial charge is 0.394 e.